The first-order valence-electron chi connectivity index (χ1n) is 6.00. The maximum atomic E-state index is 13.6. The van der Waals surface area contributed by atoms with E-state index in [0.717, 1.165) is 0 Å². The van der Waals surface area contributed by atoms with Crippen molar-refractivity contribution < 1.29 is 22.7 Å². The van der Waals surface area contributed by atoms with Crippen molar-refractivity contribution in [2.45, 2.75) is 37.1 Å². The van der Waals surface area contributed by atoms with Crippen LogP contribution >= 0.6 is 0 Å². The van der Waals surface area contributed by atoms with Crippen molar-refractivity contribution in [3.63, 3.8) is 0 Å². The van der Waals surface area contributed by atoms with Crippen LogP contribution in [-0.2, 0) is 9.53 Å². The van der Waals surface area contributed by atoms with Crippen LogP contribution in [0.4, 0.5) is 13.2 Å². The lowest BCUT2D eigenvalue weighted by Crippen LogP contribution is -2.52. The summed E-state index contributed by atoms with van der Waals surface area (Å²) in [5.41, 5.74) is 0. The molecular weight excluding hydrogens is 249 g/mol. The number of halogens is 3. The van der Waals surface area contributed by atoms with Crippen molar-refractivity contribution in [3.8, 4) is 0 Å². The van der Waals surface area contributed by atoms with Crippen molar-refractivity contribution in [1.82, 2.24) is 10.2 Å². The quantitative estimate of drug-likeness (QED) is 0.794. The minimum absolute atomic E-state index is 0.0823. The summed E-state index contributed by atoms with van der Waals surface area (Å²) in [5, 5.41) is 2.49. The molecule has 0 spiro atoms. The van der Waals surface area contributed by atoms with Gasteiger partial charge in [0, 0.05) is 20.1 Å². The lowest BCUT2D eigenvalue weighted by atomic mass is 10.0. The van der Waals surface area contributed by atoms with Crippen molar-refractivity contribution >= 4 is 5.91 Å². The molecule has 0 aromatic carbocycles. The van der Waals surface area contributed by atoms with Gasteiger partial charge in [-0.25, -0.2) is 13.2 Å². The smallest absolute Gasteiger partial charge is 0.262 e. The first kappa shape index (κ1) is 13.6. The van der Waals surface area contributed by atoms with Gasteiger partial charge in [-0.15, -0.1) is 0 Å². The zero-order chi connectivity index (χ0) is 13.3. The van der Waals surface area contributed by atoms with Crippen LogP contribution in [0.25, 0.3) is 0 Å². The van der Waals surface area contributed by atoms with E-state index >= 15 is 0 Å². The second-order valence-corrected chi connectivity index (χ2v) is 4.86. The lowest BCUT2D eigenvalue weighted by Gasteiger charge is -2.35. The van der Waals surface area contributed by atoms with Gasteiger partial charge in [0.2, 0.25) is 5.91 Å². The maximum Gasteiger partial charge on any atom is 0.262 e. The van der Waals surface area contributed by atoms with E-state index in [9.17, 15) is 18.0 Å². The summed E-state index contributed by atoms with van der Waals surface area (Å²) in [5.74, 6) is -3.29. The number of alkyl halides is 3. The molecule has 2 aliphatic heterocycles. The fourth-order valence-corrected chi connectivity index (χ4v) is 2.46. The number of methoxy groups -OCH3 is 1. The predicted octanol–water partition coefficient (Wildman–Crippen LogP) is 0.569. The molecule has 2 aliphatic rings. The number of likely N-dealkylation sites (tertiary alicyclic amines) is 1. The maximum absolute atomic E-state index is 13.6. The van der Waals surface area contributed by atoms with Crippen molar-refractivity contribution in [2.75, 3.05) is 26.7 Å². The number of carbonyl (C=O) groups is 1. The number of hydrogen-bond acceptors (Lipinski definition) is 3. The molecule has 0 radical (unpaired) electrons. The second kappa shape index (κ2) is 5.05. The van der Waals surface area contributed by atoms with Crippen LogP contribution in [0.1, 0.15) is 12.8 Å². The Morgan fingerprint density at radius 2 is 2.22 bits per heavy atom. The Bertz CT molecular complexity index is 327. The van der Waals surface area contributed by atoms with Gasteiger partial charge >= 0.3 is 0 Å². The molecule has 0 aromatic heterocycles. The Kier molecular flexibility index (Phi) is 3.82. The van der Waals surface area contributed by atoms with Crippen LogP contribution in [0.5, 0.6) is 0 Å². The fourth-order valence-electron chi connectivity index (χ4n) is 2.46. The van der Waals surface area contributed by atoms with E-state index in [2.05, 4.69) is 5.32 Å². The third kappa shape index (κ3) is 2.77. The Balaban J connectivity index is 1.91. The number of ether oxygens (including phenoxy) is 1. The molecular formula is C11H17F3N2O2. The van der Waals surface area contributed by atoms with Crippen molar-refractivity contribution in [1.29, 1.82) is 0 Å². The number of piperidine rings is 1. The van der Waals surface area contributed by atoms with Crippen molar-refractivity contribution in [3.05, 3.63) is 0 Å². The molecule has 0 saturated carbocycles. The van der Waals surface area contributed by atoms with Crippen LogP contribution in [0.2, 0.25) is 0 Å². The van der Waals surface area contributed by atoms with Crippen LogP contribution in [-0.4, -0.2) is 61.8 Å². The molecule has 4 nitrogen and oxygen atoms in total. The Labute approximate surface area is 103 Å². The number of rotatable bonds is 2. The number of nitrogens with one attached hydrogen (secondary N) is 1. The average molecular weight is 266 g/mol. The minimum atomic E-state index is -2.85. The van der Waals surface area contributed by atoms with Gasteiger partial charge in [0.05, 0.1) is 25.2 Å². The van der Waals surface area contributed by atoms with Gasteiger partial charge in [0.15, 0.2) is 0 Å². The van der Waals surface area contributed by atoms with Gasteiger partial charge in [-0.3, -0.25) is 10.1 Å². The summed E-state index contributed by atoms with van der Waals surface area (Å²) >= 11 is 0. The van der Waals surface area contributed by atoms with Crippen LogP contribution in [0.15, 0.2) is 0 Å². The van der Waals surface area contributed by atoms with Gasteiger partial charge in [-0.2, -0.15) is 0 Å². The van der Waals surface area contributed by atoms with E-state index in [1.807, 2.05) is 0 Å². The topological polar surface area (TPSA) is 41.6 Å². The van der Waals surface area contributed by atoms with Gasteiger partial charge in [0.25, 0.3) is 5.92 Å². The predicted molar refractivity (Wildman–Crippen MR) is 58.2 cm³/mol. The molecule has 1 amide bonds. The highest BCUT2D eigenvalue weighted by molar-refractivity contribution is 5.82. The number of hydrogen-bond donors (Lipinski definition) is 1. The largest absolute Gasteiger partial charge is 0.378 e. The number of amides is 1. The van der Waals surface area contributed by atoms with E-state index < -0.39 is 43.1 Å². The molecule has 2 fully saturated rings. The van der Waals surface area contributed by atoms with Gasteiger partial charge in [-0.05, 0) is 6.42 Å². The number of nitrogens with zero attached hydrogens (tertiary/aromatic N) is 1. The van der Waals surface area contributed by atoms with Gasteiger partial charge < -0.3 is 9.64 Å². The summed E-state index contributed by atoms with van der Waals surface area (Å²) in [6.45, 7) is -0.223. The Morgan fingerprint density at radius 3 is 2.72 bits per heavy atom. The summed E-state index contributed by atoms with van der Waals surface area (Å²) < 4.78 is 44.5. The van der Waals surface area contributed by atoms with E-state index in [-0.39, 0.29) is 6.54 Å². The van der Waals surface area contributed by atoms with Gasteiger partial charge in [-0.1, -0.05) is 0 Å². The third-order valence-electron chi connectivity index (χ3n) is 3.50. The van der Waals surface area contributed by atoms with Crippen molar-refractivity contribution in [2.24, 2.45) is 0 Å². The molecule has 2 saturated heterocycles. The van der Waals surface area contributed by atoms with E-state index in [0.29, 0.717) is 13.0 Å². The zero-order valence-electron chi connectivity index (χ0n) is 10.2. The molecule has 0 aromatic rings. The molecule has 7 heteroatoms. The molecule has 3 atom stereocenters. The highest BCUT2D eigenvalue weighted by atomic mass is 19.3. The van der Waals surface area contributed by atoms with E-state index in [4.69, 9.17) is 4.74 Å². The Hall–Kier alpha value is -0.820. The average Bonchev–Trinajstić information content (AvgIpc) is 2.68. The molecule has 18 heavy (non-hydrogen) atoms. The first-order chi connectivity index (χ1) is 8.43. The highest BCUT2D eigenvalue weighted by Gasteiger charge is 2.44. The Morgan fingerprint density at radius 1 is 1.50 bits per heavy atom. The minimum Gasteiger partial charge on any atom is -0.378 e. The highest BCUT2D eigenvalue weighted by Crippen LogP contribution is 2.27. The van der Waals surface area contributed by atoms with Crippen LogP contribution in [0, 0.1) is 0 Å². The summed E-state index contributed by atoms with van der Waals surface area (Å²) in [6, 6.07) is -0.897. The summed E-state index contributed by atoms with van der Waals surface area (Å²) in [4.78, 5) is 13.3. The number of carbonyl (C=O) groups excluding carboxylic acids is 1. The summed E-state index contributed by atoms with van der Waals surface area (Å²) in [6.07, 6.45) is -1.87. The van der Waals surface area contributed by atoms with E-state index in [1.54, 1.807) is 0 Å². The second-order valence-electron chi connectivity index (χ2n) is 4.86. The zero-order valence-corrected chi connectivity index (χ0v) is 10.2. The SMILES string of the molecule is CO[C@H]1CCN(C(=O)[C@H]2CC(F)(F)CN2)C[C@H]1F. The molecule has 0 bridgehead atoms. The molecule has 2 heterocycles. The molecule has 104 valence electrons. The molecule has 0 aliphatic carbocycles. The first-order valence-corrected chi connectivity index (χ1v) is 6.00. The summed E-state index contributed by atoms with van der Waals surface area (Å²) in [7, 11) is 1.42. The molecule has 2 rings (SSSR count). The monoisotopic (exact) mass is 266 g/mol. The standard InChI is InChI=1S/C11H17F3N2O2/c1-18-9-2-3-16(5-7(9)12)10(17)8-4-11(13,14)6-15-8/h7-9,15H,2-6H2,1H3/t7-,8-,9+/m1/s1. The van der Waals surface area contributed by atoms with Gasteiger partial charge in [0.1, 0.15) is 6.17 Å². The van der Waals surface area contributed by atoms with Crippen LogP contribution < -0.4 is 5.32 Å². The normalized spacial score (nSPS) is 35.8. The third-order valence-corrected chi connectivity index (χ3v) is 3.50. The molecule has 1 N–H and O–H groups in total. The fraction of sp³-hybridized carbons (Fsp3) is 0.909. The lowest BCUT2D eigenvalue weighted by molar-refractivity contribution is -0.138. The molecule has 0 unspecified atom stereocenters. The van der Waals surface area contributed by atoms with E-state index in [1.165, 1.54) is 12.0 Å². The van der Waals surface area contributed by atoms with Crippen LogP contribution in [0.3, 0.4) is 0 Å².